The molecule has 8 nitrogen and oxygen atoms in total. The number of anilines is 1. The highest BCUT2D eigenvalue weighted by Gasteiger charge is 2.41. The molecule has 1 fully saturated rings. The van der Waals surface area contributed by atoms with Crippen molar-refractivity contribution in [2.45, 2.75) is 11.7 Å². The molecule has 1 aliphatic rings. The minimum absolute atomic E-state index is 0.0641. The molecular formula is C19H13BrN4O4S. The Morgan fingerprint density at radius 1 is 1.28 bits per heavy atom. The Kier molecular flexibility index (Phi) is 6.00. The monoisotopic (exact) mass is 472 g/mol. The lowest BCUT2D eigenvalue weighted by atomic mass is 10.1. The molecule has 1 aliphatic heterocycles. The van der Waals surface area contributed by atoms with Gasteiger partial charge >= 0.3 is 0 Å². The van der Waals surface area contributed by atoms with Crippen LogP contribution in [0, 0.1) is 21.4 Å². The van der Waals surface area contributed by atoms with Gasteiger partial charge in [0.05, 0.1) is 10.2 Å². The molecule has 1 atom stereocenters. The second-order valence-corrected chi connectivity index (χ2v) is 8.11. The number of para-hydroxylation sites is 1. The van der Waals surface area contributed by atoms with Crippen LogP contribution < -0.4 is 10.6 Å². The minimum Gasteiger partial charge on any atom is -0.365 e. The van der Waals surface area contributed by atoms with Crippen LogP contribution in [0.4, 0.5) is 11.4 Å². The Balaban J connectivity index is 2.06. The molecule has 29 heavy (non-hydrogen) atoms. The minimum atomic E-state index is -0.948. The van der Waals surface area contributed by atoms with E-state index in [1.807, 2.05) is 0 Å². The Morgan fingerprint density at radius 3 is 2.52 bits per heavy atom. The van der Waals surface area contributed by atoms with Gasteiger partial charge in [-0.3, -0.25) is 24.6 Å². The summed E-state index contributed by atoms with van der Waals surface area (Å²) in [6, 6.07) is 14.7. The number of amides is 2. The number of hydrogen-bond donors (Lipinski definition) is 1. The maximum atomic E-state index is 13.2. The fourth-order valence-corrected chi connectivity index (χ4v) is 4.45. The van der Waals surface area contributed by atoms with Crippen LogP contribution in [-0.2, 0) is 16.0 Å². The zero-order valence-electron chi connectivity index (χ0n) is 14.7. The van der Waals surface area contributed by atoms with Gasteiger partial charge in [-0.25, -0.2) is 0 Å². The summed E-state index contributed by atoms with van der Waals surface area (Å²) in [4.78, 5) is 37.0. The van der Waals surface area contributed by atoms with E-state index in [0.29, 0.717) is 11.3 Å². The Morgan fingerprint density at radius 2 is 1.93 bits per heavy atom. The molecule has 146 valence electrons. The van der Waals surface area contributed by atoms with E-state index in [9.17, 15) is 25.0 Å². The van der Waals surface area contributed by atoms with Crippen molar-refractivity contribution in [2.24, 2.45) is 5.73 Å². The number of carbonyl (C=O) groups excluding carboxylic acids is 2. The zero-order chi connectivity index (χ0) is 21.1. The summed E-state index contributed by atoms with van der Waals surface area (Å²) in [5, 5.41) is 20.0. The average Bonchev–Trinajstić information content (AvgIpc) is 2.99. The van der Waals surface area contributed by atoms with Gasteiger partial charge in [-0.15, -0.1) is 0 Å². The molecule has 1 saturated heterocycles. The fraction of sp³-hybridized carbons (Fsp3) is 0.105. The molecule has 2 amide bonds. The number of nitro benzene ring substituents is 1. The molecule has 1 heterocycles. The molecule has 3 rings (SSSR count). The van der Waals surface area contributed by atoms with E-state index in [4.69, 9.17) is 5.73 Å². The quantitative estimate of drug-likeness (QED) is 0.307. The van der Waals surface area contributed by atoms with Gasteiger partial charge in [0.15, 0.2) is 0 Å². The van der Waals surface area contributed by atoms with Gasteiger partial charge < -0.3 is 5.73 Å². The average molecular weight is 473 g/mol. The third kappa shape index (κ3) is 4.16. The van der Waals surface area contributed by atoms with Crippen LogP contribution in [-0.4, -0.2) is 22.0 Å². The van der Waals surface area contributed by atoms with Gasteiger partial charge in [-0.1, -0.05) is 45.9 Å². The largest absolute Gasteiger partial charge is 0.365 e. The Labute approximate surface area is 178 Å². The van der Waals surface area contributed by atoms with Crippen LogP contribution in [0.1, 0.15) is 5.56 Å². The van der Waals surface area contributed by atoms with E-state index in [2.05, 4.69) is 15.9 Å². The molecule has 0 aliphatic carbocycles. The highest BCUT2D eigenvalue weighted by Crippen LogP contribution is 2.42. The molecule has 0 bridgehead atoms. The van der Waals surface area contributed by atoms with Crippen molar-refractivity contribution in [3.05, 3.63) is 79.3 Å². The summed E-state index contributed by atoms with van der Waals surface area (Å²) >= 11 is 4.32. The van der Waals surface area contributed by atoms with Gasteiger partial charge in [0, 0.05) is 28.2 Å². The van der Waals surface area contributed by atoms with E-state index in [1.165, 1.54) is 11.0 Å². The van der Waals surface area contributed by atoms with Crippen molar-refractivity contribution in [3.63, 3.8) is 0 Å². The number of nitriles is 1. The molecule has 0 spiro atoms. The summed E-state index contributed by atoms with van der Waals surface area (Å²) in [5.74, 6) is -1.34. The lowest BCUT2D eigenvalue weighted by Crippen LogP contribution is -2.31. The predicted molar refractivity (Wildman–Crippen MR) is 112 cm³/mol. The molecule has 10 heteroatoms. The molecule has 0 unspecified atom stereocenters. The van der Waals surface area contributed by atoms with E-state index < -0.39 is 16.1 Å². The van der Waals surface area contributed by atoms with Crippen LogP contribution in [0.15, 0.2) is 63.6 Å². The first kappa shape index (κ1) is 20.6. The first-order valence-corrected chi connectivity index (χ1v) is 9.93. The van der Waals surface area contributed by atoms with Gasteiger partial charge in [-0.2, -0.15) is 5.26 Å². The van der Waals surface area contributed by atoms with Crippen molar-refractivity contribution in [1.29, 1.82) is 5.26 Å². The second-order valence-electron chi connectivity index (χ2n) is 6.00. The number of benzene rings is 2. The summed E-state index contributed by atoms with van der Waals surface area (Å²) in [6.07, 6.45) is 0.0641. The molecule has 0 aromatic heterocycles. The standard InChI is InChI=1S/C19H13BrN4O4S/c20-12-5-7-13(8-6-12)23-18(26)16(29-19(23)14(10-21)17(22)25)9-11-3-1-2-4-15(11)24(27)28/h1-8,16H,9H2,(H2,22,25)/b19-14-/t16-/m0/s1. The summed E-state index contributed by atoms with van der Waals surface area (Å²) < 4.78 is 0.790. The van der Waals surface area contributed by atoms with E-state index in [0.717, 1.165) is 16.2 Å². The van der Waals surface area contributed by atoms with Crippen LogP contribution >= 0.6 is 27.7 Å². The van der Waals surface area contributed by atoms with Crippen molar-refractivity contribution in [1.82, 2.24) is 0 Å². The van der Waals surface area contributed by atoms with Crippen LogP contribution in [0.2, 0.25) is 0 Å². The van der Waals surface area contributed by atoms with E-state index in [1.54, 1.807) is 48.5 Å². The summed E-state index contributed by atoms with van der Waals surface area (Å²) in [5.41, 5.74) is 5.75. The number of thioether (sulfide) groups is 1. The normalized spacial score (nSPS) is 17.7. The van der Waals surface area contributed by atoms with Gasteiger partial charge in [0.2, 0.25) is 5.91 Å². The number of nitrogens with two attached hydrogens (primary N) is 1. The summed E-state index contributed by atoms with van der Waals surface area (Å²) in [7, 11) is 0. The first-order valence-electron chi connectivity index (χ1n) is 8.26. The van der Waals surface area contributed by atoms with Crippen molar-refractivity contribution < 1.29 is 14.5 Å². The number of hydrogen-bond acceptors (Lipinski definition) is 6. The van der Waals surface area contributed by atoms with Gasteiger partial charge in [0.25, 0.3) is 11.6 Å². The fourth-order valence-electron chi connectivity index (χ4n) is 2.89. The number of rotatable bonds is 5. The van der Waals surface area contributed by atoms with E-state index >= 15 is 0 Å². The Hall–Kier alpha value is -3.16. The van der Waals surface area contributed by atoms with Crippen molar-refractivity contribution in [3.8, 4) is 6.07 Å². The highest BCUT2D eigenvalue weighted by molar-refractivity contribution is 9.10. The molecule has 0 saturated carbocycles. The first-order chi connectivity index (χ1) is 13.8. The predicted octanol–water partition coefficient (Wildman–Crippen LogP) is 3.27. The second kappa shape index (κ2) is 8.46. The maximum absolute atomic E-state index is 13.2. The van der Waals surface area contributed by atoms with Crippen LogP contribution in [0.25, 0.3) is 0 Å². The van der Waals surface area contributed by atoms with Gasteiger partial charge in [-0.05, 0) is 24.3 Å². The molecule has 0 radical (unpaired) electrons. The van der Waals surface area contributed by atoms with Crippen LogP contribution in [0.3, 0.4) is 0 Å². The molecule has 2 N–H and O–H groups in total. The highest BCUT2D eigenvalue weighted by atomic mass is 79.9. The SMILES string of the molecule is N#C/C(C(N)=O)=C1/S[C@@H](Cc2ccccc2[N+](=O)[O-])C(=O)N1c1ccc(Br)cc1. The molecule has 2 aromatic rings. The van der Waals surface area contributed by atoms with E-state index in [-0.39, 0.29) is 28.6 Å². The van der Waals surface area contributed by atoms with Crippen molar-refractivity contribution in [2.75, 3.05) is 4.90 Å². The third-order valence-corrected chi connectivity index (χ3v) is 5.99. The molecule has 2 aromatic carbocycles. The zero-order valence-corrected chi connectivity index (χ0v) is 17.1. The lowest BCUT2D eigenvalue weighted by Gasteiger charge is -2.18. The third-order valence-electron chi connectivity index (χ3n) is 4.20. The number of carbonyl (C=O) groups is 2. The molecular weight excluding hydrogens is 460 g/mol. The van der Waals surface area contributed by atoms with Gasteiger partial charge in [0.1, 0.15) is 16.7 Å². The van der Waals surface area contributed by atoms with Crippen LogP contribution in [0.5, 0.6) is 0 Å². The van der Waals surface area contributed by atoms with Crippen molar-refractivity contribution >= 4 is 50.9 Å². The lowest BCUT2D eigenvalue weighted by molar-refractivity contribution is -0.385. The number of nitrogens with zero attached hydrogens (tertiary/aromatic N) is 3. The number of primary amides is 1. The maximum Gasteiger partial charge on any atom is 0.272 e. The smallest absolute Gasteiger partial charge is 0.272 e. The number of nitro groups is 1. The number of halogens is 1. The topological polar surface area (TPSA) is 130 Å². The Bertz CT molecular complexity index is 1080. The summed E-state index contributed by atoms with van der Waals surface area (Å²) in [6.45, 7) is 0.